The summed E-state index contributed by atoms with van der Waals surface area (Å²) in [6, 6.07) is 3.23. The van der Waals surface area contributed by atoms with Gasteiger partial charge in [0.1, 0.15) is 0 Å². The van der Waals surface area contributed by atoms with E-state index in [1.54, 1.807) is 0 Å². The van der Waals surface area contributed by atoms with Gasteiger partial charge in [-0.05, 0) is 65.6 Å². The highest BCUT2D eigenvalue weighted by Gasteiger charge is 2.36. The first kappa shape index (κ1) is 13.8. The molecule has 3 heteroatoms. The minimum absolute atomic E-state index is 0.753. The third-order valence-electron chi connectivity index (χ3n) is 5.84. The van der Waals surface area contributed by atoms with Gasteiger partial charge in [0.25, 0.3) is 0 Å². The summed E-state index contributed by atoms with van der Waals surface area (Å²) in [6.45, 7) is 6.32. The van der Waals surface area contributed by atoms with Crippen LogP contribution in [-0.4, -0.2) is 60.6 Å². The SMILES string of the molecule is CC(CC1CCCCN1)N1CCC2CCC(C1)N2C. The molecule has 2 bridgehead atoms. The predicted molar refractivity (Wildman–Crippen MR) is 80.5 cm³/mol. The Balaban J connectivity index is 1.53. The van der Waals surface area contributed by atoms with Gasteiger partial charge in [-0.15, -0.1) is 0 Å². The molecule has 4 atom stereocenters. The Kier molecular flexibility index (Phi) is 4.45. The van der Waals surface area contributed by atoms with Gasteiger partial charge < -0.3 is 5.32 Å². The van der Waals surface area contributed by atoms with E-state index in [4.69, 9.17) is 0 Å². The Labute approximate surface area is 118 Å². The minimum atomic E-state index is 0.753. The second kappa shape index (κ2) is 6.11. The van der Waals surface area contributed by atoms with Crippen molar-refractivity contribution < 1.29 is 0 Å². The maximum atomic E-state index is 3.71. The fraction of sp³-hybridized carbons (Fsp3) is 1.00. The highest BCUT2D eigenvalue weighted by molar-refractivity contribution is 4.92. The first-order valence-electron chi connectivity index (χ1n) is 8.43. The second-order valence-corrected chi connectivity index (χ2v) is 7.07. The van der Waals surface area contributed by atoms with E-state index in [9.17, 15) is 0 Å². The Morgan fingerprint density at radius 2 is 1.95 bits per heavy atom. The van der Waals surface area contributed by atoms with Gasteiger partial charge in [-0.1, -0.05) is 6.42 Å². The van der Waals surface area contributed by atoms with Gasteiger partial charge in [-0.25, -0.2) is 0 Å². The molecule has 3 aliphatic heterocycles. The van der Waals surface area contributed by atoms with Gasteiger partial charge in [-0.2, -0.15) is 0 Å². The van der Waals surface area contributed by atoms with Crippen LogP contribution in [0, 0.1) is 0 Å². The molecule has 0 spiro atoms. The van der Waals surface area contributed by atoms with Crippen LogP contribution < -0.4 is 5.32 Å². The van der Waals surface area contributed by atoms with Crippen LogP contribution in [0.25, 0.3) is 0 Å². The second-order valence-electron chi connectivity index (χ2n) is 7.07. The van der Waals surface area contributed by atoms with Crippen LogP contribution in [-0.2, 0) is 0 Å². The fourth-order valence-corrected chi connectivity index (χ4v) is 4.42. The van der Waals surface area contributed by atoms with Crippen molar-refractivity contribution in [1.82, 2.24) is 15.1 Å². The summed E-state index contributed by atoms with van der Waals surface area (Å²) in [7, 11) is 2.35. The lowest BCUT2D eigenvalue weighted by Crippen LogP contribution is -2.45. The van der Waals surface area contributed by atoms with Crippen molar-refractivity contribution in [3.63, 3.8) is 0 Å². The quantitative estimate of drug-likeness (QED) is 0.843. The van der Waals surface area contributed by atoms with Crippen molar-refractivity contribution in [2.45, 2.75) is 76.0 Å². The zero-order valence-corrected chi connectivity index (χ0v) is 12.8. The summed E-state index contributed by atoms with van der Waals surface area (Å²) >= 11 is 0. The molecule has 0 aliphatic carbocycles. The molecule has 3 aliphatic rings. The van der Waals surface area contributed by atoms with Crippen LogP contribution in [0.2, 0.25) is 0 Å². The summed E-state index contributed by atoms with van der Waals surface area (Å²) in [5.41, 5.74) is 0. The molecule has 0 aromatic rings. The first-order chi connectivity index (χ1) is 9.24. The zero-order chi connectivity index (χ0) is 13.2. The van der Waals surface area contributed by atoms with Crippen LogP contribution in [0.15, 0.2) is 0 Å². The summed E-state index contributed by atoms with van der Waals surface area (Å²) in [5.74, 6) is 0. The van der Waals surface area contributed by atoms with E-state index in [0.717, 1.165) is 24.2 Å². The molecule has 3 heterocycles. The molecule has 3 saturated heterocycles. The minimum Gasteiger partial charge on any atom is -0.314 e. The van der Waals surface area contributed by atoms with E-state index in [0.29, 0.717) is 0 Å². The van der Waals surface area contributed by atoms with Gasteiger partial charge in [0.2, 0.25) is 0 Å². The van der Waals surface area contributed by atoms with Crippen LogP contribution in [0.5, 0.6) is 0 Å². The van der Waals surface area contributed by atoms with E-state index < -0.39 is 0 Å². The van der Waals surface area contributed by atoms with Gasteiger partial charge in [0.05, 0.1) is 0 Å². The van der Waals surface area contributed by atoms with Crippen molar-refractivity contribution >= 4 is 0 Å². The topological polar surface area (TPSA) is 18.5 Å². The summed E-state index contributed by atoms with van der Waals surface area (Å²) < 4.78 is 0. The number of nitrogens with one attached hydrogen (secondary N) is 1. The largest absolute Gasteiger partial charge is 0.314 e. The summed E-state index contributed by atoms with van der Waals surface area (Å²) in [6.07, 6.45) is 9.79. The number of likely N-dealkylation sites (N-methyl/N-ethyl adjacent to an activating group) is 1. The van der Waals surface area contributed by atoms with Crippen LogP contribution in [0.4, 0.5) is 0 Å². The van der Waals surface area contributed by atoms with Crippen molar-refractivity contribution in [1.29, 1.82) is 0 Å². The summed E-state index contributed by atoms with van der Waals surface area (Å²) in [4.78, 5) is 5.43. The van der Waals surface area contributed by atoms with E-state index in [2.05, 4.69) is 29.1 Å². The van der Waals surface area contributed by atoms with Crippen molar-refractivity contribution in [3.05, 3.63) is 0 Å². The molecule has 3 fully saturated rings. The van der Waals surface area contributed by atoms with Crippen molar-refractivity contribution in [2.24, 2.45) is 0 Å². The average molecular weight is 265 g/mol. The lowest BCUT2D eigenvalue weighted by atomic mass is 9.97. The number of piperidine rings is 1. The number of fused-ring (bicyclic) bond motifs is 2. The Morgan fingerprint density at radius 1 is 1.11 bits per heavy atom. The number of nitrogens with zero attached hydrogens (tertiary/aromatic N) is 2. The zero-order valence-electron chi connectivity index (χ0n) is 12.8. The molecule has 110 valence electrons. The standard InChI is InChI=1S/C16H31N3/c1-13(11-14-5-3-4-9-17-14)19-10-8-15-6-7-16(12-19)18(15)2/h13-17H,3-12H2,1-2H3. The molecule has 3 nitrogen and oxygen atoms in total. The molecule has 0 aromatic heterocycles. The van der Waals surface area contributed by atoms with Crippen LogP contribution in [0.1, 0.15) is 51.9 Å². The average Bonchev–Trinajstić information content (AvgIpc) is 2.64. The normalized spacial score (nSPS) is 39.2. The smallest absolute Gasteiger partial charge is 0.0223 e. The fourth-order valence-electron chi connectivity index (χ4n) is 4.42. The van der Waals surface area contributed by atoms with E-state index in [1.807, 2.05) is 0 Å². The van der Waals surface area contributed by atoms with Gasteiger partial charge >= 0.3 is 0 Å². The van der Waals surface area contributed by atoms with Crippen LogP contribution >= 0.6 is 0 Å². The molecular weight excluding hydrogens is 234 g/mol. The lowest BCUT2D eigenvalue weighted by Gasteiger charge is -2.34. The van der Waals surface area contributed by atoms with E-state index in [-0.39, 0.29) is 0 Å². The number of rotatable bonds is 3. The maximum absolute atomic E-state index is 3.71. The number of likely N-dealkylation sites (tertiary alicyclic amines) is 1. The molecule has 3 rings (SSSR count). The Bertz CT molecular complexity index is 288. The van der Waals surface area contributed by atoms with Gasteiger partial charge in [0.15, 0.2) is 0 Å². The predicted octanol–water partition coefficient (Wildman–Crippen LogP) is 2.08. The number of hydrogen-bond donors (Lipinski definition) is 1. The number of hydrogen-bond acceptors (Lipinski definition) is 3. The Hall–Kier alpha value is -0.120. The Morgan fingerprint density at radius 3 is 2.74 bits per heavy atom. The van der Waals surface area contributed by atoms with E-state index >= 15 is 0 Å². The molecule has 0 radical (unpaired) electrons. The van der Waals surface area contributed by atoms with Gasteiger partial charge in [-0.3, -0.25) is 9.80 Å². The molecule has 0 aromatic carbocycles. The monoisotopic (exact) mass is 265 g/mol. The van der Waals surface area contributed by atoms with Crippen LogP contribution in [0.3, 0.4) is 0 Å². The van der Waals surface area contributed by atoms with Crippen molar-refractivity contribution in [3.8, 4) is 0 Å². The third-order valence-corrected chi connectivity index (χ3v) is 5.84. The lowest BCUT2D eigenvalue weighted by molar-refractivity contribution is 0.160. The first-order valence-corrected chi connectivity index (χ1v) is 8.43. The van der Waals surface area contributed by atoms with Crippen molar-refractivity contribution in [2.75, 3.05) is 26.7 Å². The molecular formula is C16H31N3. The highest BCUT2D eigenvalue weighted by atomic mass is 15.3. The van der Waals surface area contributed by atoms with Gasteiger partial charge in [0, 0.05) is 30.7 Å². The third kappa shape index (κ3) is 3.14. The molecule has 4 unspecified atom stereocenters. The molecule has 0 saturated carbocycles. The summed E-state index contributed by atoms with van der Waals surface area (Å²) in [5, 5.41) is 3.71. The van der Waals surface area contributed by atoms with E-state index in [1.165, 1.54) is 64.6 Å². The molecule has 1 N–H and O–H groups in total. The maximum Gasteiger partial charge on any atom is 0.0223 e. The highest BCUT2D eigenvalue weighted by Crippen LogP contribution is 2.29. The molecule has 19 heavy (non-hydrogen) atoms. The molecule has 0 amide bonds.